The van der Waals surface area contributed by atoms with Crippen LogP contribution in [0.1, 0.15) is 18.9 Å². The first-order valence-corrected chi connectivity index (χ1v) is 7.57. The topological polar surface area (TPSA) is 49.8 Å². The van der Waals surface area contributed by atoms with Crippen molar-refractivity contribution in [3.8, 4) is 0 Å². The molecule has 2 rings (SSSR count). The van der Waals surface area contributed by atoms with E-state index in [2.05, 4.69) is 43.5 Å². The van der Waals surface area contributed by atoms with Crippen molar-refractivity contribution in [3.63, 3.8) is 0 Å². The zero-order chi connectivity index (χ0) is 14.5. The second-order valence-electron chi connectivity index (χ2n) is 4.41. The molecular weight excluding hydrogens is 340 g/mol. The molecule has 0 atom stereocenters. The number of anilines is 3. The van der Waals surface area contributed by atoms with E-state index in [4.69, 9.17) is 11.6 Å². The Morgan fingerprint density at radius 1 is 1.35 bits per heavy atom. The minimum atomic E-state index is 0.628. The van der Waals surface area contributed by atoms with Gasteiger partial charge in [-0.15, -0.1) is 0 Å². The molecule has 0 aliphatic rings. The number of aromatic nitrogens is 2. The smallest absolute Gasteiger partial charge is 0.224 e. The van der Waals surface area contributed by atoms with E-state index >= 15 is 0 Å². The van der Waals surface area contributed by atoms with Crippen LogP contribution >= 0.6 is 27.5 Å². The van der Waals surface area contributed by atoms with Crippen LogP contribution < -0.4 is 10.6 Å². The van der Waals surface area contributed by atoms with E-state index < -0.39 is 0 Å². The first-order valence-electron chi connectivity index (χ1n) is 6.39. The Balaban J connectivity index is 2.20. The Labute approximate surface area is 132 Å². The lowest BCUT2D eigenvalue weighted by Gasteiger charge is -2.11. The van der Waals surface area contributed by atoms with E-state index in [-0.39, 0.29) is 0 Å². The lowest BCUT2D eigenvalue weighted by atomic mass is 10.3. The Hall–Kier alpha value is -1.33. The largest absolute Gasteiger partial charge is 0.354 e. The molecule has 0 saturated carbocycles. The maximum absolute atomic E-state index is 6.09. The lowest BCUT2D eigenvalue weighted by molar-refractivity contribution is 0.950. The zero-order valence-corrected chi connectivity index (χ0v) is 13.7. The zero-order valence-electron chi connectivity index (χ0n) is 11.4. The third-order valence-corrected chi connectivity index (χ3v) is 3.92. The summed E-state index contributed by atoms with van der Waals surface area (Å²) >= 11 is 9.46. The Bertz CT molecular complexity index is 604. The van der Waals surface area contributed by atoms with Crippen molar-refractivity contribution >= 4 is 45.0 Å². The summed E-state index contributed by atoms with van der Waals surface area (Å²) in [4.78, 5) is 8.72. The predicted molar refractivity (Wildman–Crippen MR) is 88.0 cm³/mol. The fourth-order valence-electron chi connectivity index (χ4n) is 1.60. The highest BCUT2D eigenvalue weighted by Gasteiger charge is 2.05. The summed E-state index contributed by atoms with van der Waals surface area (Å²) in [6, 6.07) is 5.69. The molecule has 2 aromatic rings. The second kappa shape index (κ2) is 6.90. The second-order valence-corrected chi connectivity index (χ2v) is 5.67. The standard InChI is InChI=1S/C14H16BrClN4/c1-3-6-17-14-18-8-9(2)13(20-14)19-10-4-5-11(15)12(16)7-10/h4-5,7-8H,3,6H2,1-2H3,(H2,17,18,19,20). The molecule has 1 heterocycles. The van der Waals surface area contributed by atoms with E-state index in [1.807, 2.05) is 25.1 Å². The highest BCUT2D eigenvalue weighted by atomic mass is 79.9. The minimum absolute atomic E-state index is 0.628. The molecule has 20 heavy (non-hydrogen) atoms. The number of aryl methyl sites for hydroxylation is 1. The fraction of sp³-hybridized carbons (Fsp3) is 0.286. The van der Waals surface area contributed by atoms with Gasteiger partial charge in [-0.1, -0.05) is 18.5 Å². The molecule has 0 bridgehead atoms. The SMILES string of the molecule is CCCNc1ncc(C)c(Nc2ccc(Br)c(Cl)c2)n1. The Morgan fingerprint density at radius 2 is 2.15 bits per heavy atom. The molecule has 0 aliphatic heterocycles. The van der Waals surface area contributed by atoms with E-state index in [9.17, 15) is 0 Å². The average Bonchev–Trinajstić information content (AvgIpc) is 2.44. The summed E-state index contributed by atoms with van der Waals surface area (Å²) in [6.07, 6.45) is 2.83. The first-order chi connectivity index (χ1) is 9.60. The molecule has 2 N–H and O–H groups in total. The van der Waals surface area contributed by atoms with Crippen molar-refractivity contribution in [3.05, 3.63) is 39.5 Å². The van der Waals surface area contributed by atoms with Gasteiger partial charge in [-0.05, 0) is 47.5 Å². The van der Waals surface area contributed by atoms with Crippen molar-refractivity contribution in [2.24, 2.45) is 0 Å². The van der Waals surface area contributed by atoms with Gasteiger partial charge in [0.05, 0.1) is 5.02 Å². The predicted octanol–water partition coefficient (Wildman–Crippen LogP) is 4.77. The fourth-order valence-corrected chi connectivity index (χ4v) is 2.03. The van der Waals surface area contributed by atoms with Gasteiger partial charge < -0.3 is 10.6 Å². The number of benzene rings is 1. The number of rotatable bonds is 5. The van der Waals surface area contributed by atoms with Gasteiger partial charge in [-0.2, -0.15) is 4.98 Å². The van der Waals surface area contributed by atoms with Crippen LogP contribution in [-0.4, -0.2) is 16.5 Å². The molecule has 0 amide bonds. The van der Waals surface area contributed by atoms with Gasteiger partial charge in [-0.25, -0.2) is 4.98 Å². The molecule has 0 aliphatic carbocycles. The van der Waals surface area contributed by atoms with E-state index in [1.54, 1.807) is 6.20 Å². The van der Waals surface area contributed by atoms with Crippen molar-refractivity contribution < 1.29 is 0 Å². The number of halogens is 2. The molecule has 1 aromatic heterocycles. The third-order valence-electron chi connectivity index (χ3n) is 2.69. The summed E-state index contributed by atoms with van der Waals surface area (Å²) in [5.74, 6) is 1.40. The quantitative estimate of drug-likeness (QED) is 0.811. The Kier molecular flexibility index (Phi) is 5.20. The van der Waals surface area contributed by atoms with Crippen LogP contribution in [0.4, 0.5) is 17.5 Å². The van der Waals surface area contributed by atoms with Gasteiger partial charge >= 0.3 is 0 Å². The summed E-state index contributed by atoms with van der Waals surface area (Å²) in [7, 11) is 0. The summed E-state index contributed by atoms with van der Waals surface area (Å²) in [6.45, 7) is 4.92. The number of nitrogens with one attached hydrogen (secondary N) is 2. The normalized spacial score (nSPS) is 10.4. The summed E-state index contributed by atoms with van der Waals surface area (Å²) in [5.41, 5.74) is 1.87. The van der Waals surface area contributed by atoms with Crippen LogP contribution in [-0.2, 0) is 0 Å². The maximum Gasteiger partial charge on any atom is 0.224 e. The van der Waals surface area contributed by atoms with E-state index in [1.165, 1.54) is 0 Å². The van der Waals surface area contributed by atoms with Crippen LogP contribution in [0, 0.1) is 6.92 Å². The van der Waals surface area contributed by atoms with Gasteiger partial charge in [0.15, 0.2) is 0 Å². The molecule has 0 spiro atoms. The van der Waals surface area contributed by atoms with Crippen molar-refractivity contribution in [2.45, 2.75) is 20.3 Å². The monoisotopic (exact) mass is 354 g/mol. The molecule has 4 nitrogen and oxygen atoms in total. The van der Waals surface area contributed by atoms with Crippen LogP contribution in [0.25, 0.3) is 0 Å². The van der Waals surface area contributed by atoms with Gasteiger partial charge in [0.25, 0.3) is 0 Å². The highest BCUT2D eigenvalue weighted by molar-refractivity contribution is 9.10. The van der Waals surface area contributed by atoms with Gasteiger partial charge in [0.2, 0.25) is 5.95 Å². The Morgan fingerprint density at radius 3 is 2.85 bits per heavy atom. The molecule has 0 radical (unpaired) electrons. The molecule has 0 saturated heterocycles. The number of hydrogen-bond donors (Lipinski definition) is 2. The molecule has 1 aromatic carbocycles. The van der Waals surface area contributed by atoms with Crippen LogP contribution in [0.5, 0.6) is 0 Å². The van der Waals surface area contributed by atoms with Gasteiger partial charge in [0.1, 0.15) is 5.82 Å². The molecular formula is C14H16BrClN4. The van der Waals surface area contributed by atoms with E-state index in [0.717, 1.165) is 34.5 Å². The van der Waals surface area contributed by atoms with Crippen molar-refractivity contribution in [2.75, 3.05) is 17.2 Å². The van der Waals surface area contributed by atoms with Gasteiger partial charge in [-0.3, -0.25) is 0 Å². The van der Waals surface area contributed by atoms with Crippen LogP contribution in [0.15, 0.2) is 28.9 Å². The van der Waals surface area contributed by atoms with Crippen molar-refractivity contribution in [1.82, 2.24) is 9.97 Å². The third kappa shape index (κ3) is 3.84. The summed E-state index contributed by atoms with van der Waals surface area (Å²) < 4.78 is 0.870. The van der Waals surface area contributed by atoms with Crippen LogP contribution in [0.2, 0.25) is 5.02 Å². The maximum atomic E-state index is 6.09. The minimum Gasteiger partial charge on any atom is -0.354 e. The van der Waals surface area contributed by atoms with Crippen LogP contribution in [0.3, 0.4) is 0 Å². The molecule has 0 unspecified atom stereocenters. The number of hydrogen-bond acceptors (Lipinski definition) is 4. The lowest BCUT2D eigenvalue weighted by Crippen LogP contribution is -2.06. The average molecular weight is 356 g/mol. The van der Waals surface area contributed by atoms with Gasteiger partial charge in [0, 0.05) is 28.5 Å². The van der Waals surface area contributed by atoms with E-state index in [0.29, 0.717) is 11.0 Å². The molecule has 0 fully saturated rings. The first kappa shape index (κ1) is 15.1. The number of nitrogens with zero attached hydrogens (tertiary/aromatic N) is 2. The van der Waals surface area contributed by atoms with Crippen molar-refractivity contribution in [1.29, 1.82) is 0 Å². The summed E-state index contributed by atoms with van der Waals surface area (Å²) in [5, 5.41) is 7.09. The molecule has 106 valence electrons. The molecule has 6 heteroatoms. The highest BCUT2D eigenvalue weighted by Crippen LogP contribution is 2.27.